The smallest absolute Gasteiger partial charge is 0.275 e. The highest BCUT2D eigenvalue weighted by molar-refractivity contribution is 7.20. The van der Waals surface area contributed by atoms with Crippen molar-refractivity contribution in [1.82, 2.24) is 14.6 Å². The lowest BCUT2D eigenvalue weighted by Crippen LogP contribution is -2.13. The van der Waals surface area contributed by atoms with Gasteiger partial charge in [-0.15, -0.1) is 5.10 Å². The van der Waals surface area contributed by atoms with Crippen LogP contribution in [0, 0.1) is 5.92 Å². The highest BCUT2D eigenvalue weighted by atomic mass is 32.1. The fraction of sp³-hybridized carbons (Fsp3) is 0.583. The molecule has 0 spiro atoms. The van der Waals surface area contributed by atoms with Gasteiger partial charge in [0.1, 0.15) is 0 Å². The van der Waals surface area contributed by atoms with Crippen LogP contribution in [0.3, 0.4) is 0 Å². The molecule has 0 radical (unpaired) electrons. The zero-order chi connectivity index (χ0) is 12.4. The number of aromatic nitrogens is 3. The maximum Gasteiger partial charge on any atom is 0.275 e. The number of fused-ring (bicyclic) bond motifs is 1. The molecule has 1 aliphatic carbocycles. The number of rotatable bonds is 4. The zero-order valence-electron chi connectivity index (χ0n) is 10.1. The van der Waals surface area contributed by atoms with Gasteiger partial charge in [-0.1, -0.05) is 37.0 Å². The van der Waals surface area contributed by atoms with E-state index < -0.39 is 0 Å². The Balaban J connectivity index is 1.64. The van der Waals surface area contributed by atoms with Gasteiger partial charge >= 0.3 is 0 Å². The van der Waals surface area contributed by atoms with Crippen molar-refractivity contribution < 1.29 is 0 Å². The van der Waals surface area contributed by atoms with Crippen LogP contribution in [0.25, 0.3) is 4.96 Å². The van der Waals surface area contributed by atoms with E-state index in [0.717, 1.165) is 17.6 Å². The number of anilines is 1. The molecule has 2 aromatic rings. The average Bonchev–Trinajstić information content (AvgIpc) is 2.98. The van der Waals surface area contributed by atoms with Gasteiger partial charge in [0.15, 0.2) is 0 Å². The maximum atomic E-state index is 11.5. The molecule has 0 atom stereocenters. The first-order valence-electron chi connectivity index (χ1n) is 6.42. The van der Waals surface area contributed by atoms with Crippen molar-refractivity contribution in [1.29, 1.82) is 0 Å². The Morgan fingerprint density at radius 1 is 1.44 bits per heavy atom. The lowest BCUT2D eigenvalue weighted by Gasteiger charge is -2.08. The Labute approximate surface area is 109 Å². The van der Waals surface area contributed by atoms with Gasteiger partial charge in [-0.25, -0.2) is 4.98 Å². The molecule has 0 aromatic carbocycles. The molecule has 1 fully saturated rings. The molecule has 2 heterocycles. The summed E-state index contributed by atoms with van der Waals surface area (Å²) >= 11 is 1.42. The van der Waals surface area contributed by atoms with Crippen molar-refractivity contribution in [3.63, 3.8) is 0 Å². The highest BCUT2D eigenvalue weighted by Crippen LogP contribution is 2.27. The first kappa shape index (κ1) is 11.6. The topological polar surface area (TPSA) is 59.3 Å². The van der Waals surface area contributed by atoms with Gasteiger partial charge in [0.2, 0.25) is 10.1 Å². The molecular formula is C12H16N4OS. The predicted octanol–water partition coefficient (Wildman–Crippen LogP) is 2.14. The van der Waals surface area contributed by atoms with E-state index in [-0.39, 0.29) is 5.56 Å². The Morgan fingerprint density at radius 2 is 2.28 bits per heavy atom. The third kappa shape index (κ3) is 2.38. The number of nitrogens with zero attached hydrogens (tertiary/aromatic N) is 3. The largest absolute Gasteiger partial charge is 0.360 e. The fourth-order valence-electron chi connectivity index (χ4n) is 2.50. The fourth-order valence-corrected chi connectivity index (χ4v) is 3.30. The van der Waals surface area contributed by atoms with Crippen LogP contribution < -0.4 is 10.9 Å². The minimum absolute atomic E-state index is 0.125. The summed E-state index contributed by atoms with van der Waals surface area (Å²) in [7, 11) is 0. The van der Waals surface area contributed by atoms with Crippen molar-refractivity contribution in [2.45, 2.75) is 32.1 Å². The van der Waals surface area contributed by atoms with Crippen LogP contribution >= 0.6 is 11.3 Å². The average molecular weight is 264 g/mol. The molecule has 0 unspecified atom stereocenters. The van der Waals surface area contributed by atoms with Gasteiger partial charge in [-0.2, -0.15) is 4.52 Å². The van der Waals surface area contributed by atoms with E-state index in [9.17, 15) is 4.79 Å². The minimum atomic E-state index is -0.125. The van der Waals surface area contributed by atoms with Gasteiger partial charge in [0.25, 0.3) is 5.56 Å². The van der Waals surface area contributed by atoms with Gasteiger partial charge in [-0.3, -0.25) is 4.79 Å². The normalized spacial score (nSPS) is 16.4. The quantitative estimate of drug-likeness (QED) is 0.919. The van der Waals surface area contributed by atoms with Crippen LogP contribution in [0.2, 0.25) is 0 Å². The summed E-state index contributed by atoms with van der Waals surface area (Å²) in [5.74, 6) is 0.868. The lowest BCUT2D eigenvalue weighted by atomic mass is 10.0. The molecular weight excluding hydrogens is 248 g/mol. The molecule has 0 saturated heterocycles. The first-order valence-corrected chi connectivity index (χ1v) is 7.23. The third-order valence-corrected chi connectivity index (χ3v) is 4.35. The van der Waals surface area contributed by atoms with Crippen molar-refractivity contribution in [3.8, 4) is 0 Å². The summed E-state index contributed by atoms with van der Waals surface area (Å²) < 4.78 is 1.35. The second-order valence-electron chi connectivity index (χ2n) is 4.75. The molecule has 96 valence electrons. The Bertz CT molecular complexity index is 585. The maximum absolute atomic E-state index is 11.5. The molecule has 0 aliphatic heterocycles. The van der Waals surface area contributed by atoms with E-state index >= 15 is 0 Å². The molecule has 2 aromatic heterocycles. The molecule has 0 bridgehead atoms. The summed E-state index contributed by atoms with van der Waals surface area (Å²) in [6, 6.07) is 1.43. The van der Waals surface area contributed by atoms with Crippen molar-refractivity contribution in [2.24, 2.45) is 5.92 Å². The second kappa shape index (κ2) is 5.06. The first-order chi connectivity index (χ1) is 8.83. The van der Waals surface area contributed by atoms with Crippen LogP contribution in [0.4, 0.5) is 5.13 Å². The molecule has 6 heteroatoms. The summed E-state index contributed by atoms with van der Waals surface area (Å²) in [5.41, 5.74) is -0.125. The summed E-state index contributed by atoms with van der Waals surface area (Å²) in [4.78, 5) is 16.3. The molecule has 1 saturated carbocycles. The minimum Gasteiger partial charge on any atom is -0.360 e. The number of nitrogens with one attached hydrogen (secondary N) is 1. The van der Waals surface area contributed by atoms with Gasteiger partial charge < -0.3 is 5.32 Å². The van der Waals surface area contributed by atoms with Crippen LogP contribution in [0.1, 0.15) is 32.1 Å². The second-order valence-corrected chi connectivity index (χ2v) is 5.71. The van der Waals surface area contributed by atoms with Crippen molar-refractivity contribution >= 4 is 21.4 Å². The van der Waals surface area contributed by atoms with E-state index in [1.807, 2.05) is 0 Å². The third-order valence-electron chi connectivity index (χ3n) is 3.47. The van der Waals surface area contributed by atoms with E-state index in [1.165, 1.54) is 60.2 Å². The molecule has 5 nitrogen and oxygen atoms in total. The van der Waals surface area contributed by atoms with E-state index in [4.69, 9.17) is 0 Å². The molecule has 3 rings (SSSR count). The van der Waals surface area contributed by atoms with E-state index in [1.54, 1.807) is 0 Å². The summed E-state index contributed by atoms with van der Waals surface area (Å²) in [6.07, 6.45) is 8.21. The predicted molar refractivity (Wildman–Crippen MR) is 72.2 cm³/mol. The van der Waals surface area contributed by atoms with Crippen LogP contribution in [-0.4, -0.2) is 21.1 Å². The SMILES string of the molecule is O=c1ccnc2sc(NCCC3CCCC3)nn12. The van der Waals surface area contributed by atoms with Crippen molar-refractivity contribution in [2.75, 3.05) is 11.9 Å². The Kier molecular flexibility index (Phi) is 3.27. The van der Waals surface area contributed by atoms with Crippen LogP contribution in [-0.2, 0) is 0 Å². The van der Waals surface area contributed by atoms with Gasteiger partial charge in [0, 0.05) is 18.8 Å². The standard InChI is InChI=1S/C12H16N4OS/c17-10-6-8-14-12-16(10)15-11(18-12)13-7-5-9-3-1-2-4-9/h6,8-9H,1-5,7H2,(H,13,15). The van der Waals surface area contributed by atoms with Crippen molar-refractivity contribution in [3.05, 3.63) is 22.6 Å². The molecule has 1 aliphatic rings. The van der Waals surface area contributed by atoms with Crippen LogP contribution in [0.15, 0.2) is 17.1 Å². The van der Waals surface area contributed by atoms with Gasteiger partial charge in [0.05, 0.1) is 0 Å². The lowest BCUT2D eigenvalue weighted by molar-refractivity contribution is 0.518. The van der Waals surface area contributed by atoms with E-state index in [0.29, 0.717) is 4.96 Å². The summed E-state index contributed by atoms with van der Waals surface area (Å²) in [6.45, 7) is 0.930. The Hall–Kier alpha value is -1.43. The number of hydrogen-bond acceptors (Lipinski definition) is 5. The van der Waals surface area contributed by atoms with Crippen LogP contribution in [0.5, 0.6) is 0 Å². The monoisotopic (exact) mass is 264 g/mol. The summed E-state index contributed by atoms with van der Waals surface area (Å²) in [5, 5.41) is 8.30. The molecule has 1 N–H and O–H groups in total. The molecule has 18 heavy (non-hydrogen) atoms. The zero-order valence-corrected chi connectivity index (χ0v) is 10.9. The van der Waals surface area contributed by atoms with E-state index in [2.05, 4.69) is 15.4 Å². The van der Waals surface area contributed by atoms with Gasteiger partial charge in [-0.05, 0) is 12.3 Å². The Morgan fingerprint density at radius 3 is 3.06 bits per heavy atom. The highest BCUT2D eigenvalue weighted by Gasteiger charge is 2.14. The molecule has 0 amide bonds. The number of hydrogen-bond donors (Lipinski definition) is 1.